The Morgan fingerprint density at radius 2 is 2.00 bits per heavy atom. The van der Waals surface area contributed by atoms with Crippen LogP contribution in [0, 0.1) is 0 Å². The Morgan fingerprint density at radius 1 is 1.26 bits per heavy atom. The van der Waals surface area contributed by atoms with Crippen molar-refractivity contribution in [3.05, 3.63) is 50.3 Å². The number of primary amides is 1. The van der Waals surface area contributed by atoms with Gasteiger partial charge in [-0.3, -0.25) is 9.59 Å². The maximum absolute atomic E-state index is 11.9. The Kier molecular flexibility index (Phi) is 5.75. The monoisotopic (exact) mass is 416 g/mol. The number of benzene rings is 1. The molecular formula is C14H10BrClN2O4S. The number of amides is 2. The molecule has 3 N–H and O–H groups in total. The molecule has 0 radical (unpaired) electrons. The van der Waals surface area contributed by atoms with Gasteiger partial charge < -0.3 is 15.8 Å². The zero-order chi connectivity index (χ0) is 17.0. The van der Waals surface area contributed by atoms with Gasteiger partial charge in [-0.25, -0.2) is 4.79 Å². The van der Waals surface area contributed by atoms with Crippen LogP contribution >= 0.6 is 38.9 Å². The molecule has 0 bridgehead atoms. The average Bonchev–Trinajstić information content (AvgIpc) is 2.95. The second-order valence-electron chi connectivity index (χ2n) is 4.28. The molecule has 0 fully saturated rings. The molecule has 0 atom stereocenters. The van der Waals surface area contributed by atoms with E-state index in [1.54, 1.807) is 11.4 Å². The number of hydrogen-bond donors (Lipinski definition) is 2. The van der Waals surface area contributed by atoms with Crippen LogP contribution in [0.1, 0.15) is 20.7 Å². The Hall–Kier alpha value is -1.90. The average molecular weight is 418 g/mol. The Balaban J connectivity index is 1.96. The number of nitrogens with one attached hydrogen (secondary N) is 1. The lowest BCUT2D eigenvalue weighted by Crippen LogP contribution is -2.22. The molecule has 9 heteroatoms. The molecule has 2 aromatic rings. The molecule has 0 spiro atoms. The molecule has 6 nitrogen and oxygen atoms in total. The highest BCUT2D eigenvalue weighted by molar-refractivity contribution is 9.10. The third-order valence-electron chi connectivity index (χ3n) is 2.67. The fourth-order valence-corrected chi connectivity index (χ4v) is 2.99. The number of carbonyl (C=O) groups is 3. The smallest absolute Gasteiger partial charge is 0.340 e. The van der Waals surface area contributed by atoms with Crippen LogP contribution in [0.2, 0.25) is 5.02 Å². The first-order chi connectivity index (χ1) is 10.9. The van der Waals surface area contributed by atoms with Crippen molar-refractivity contribution in [1.29, 1.82) is 0 Å². The van der Waals surface area contributed by atoms with Crippen LogP contribution in [0.3, 0.4) is 0 Å². The second kappa shape index (κ2) is 7.58. The Bertz CT molecular complexity index is 778. The summed E-state index contributed by atoms with van der Waals surface area (Å²) < 4.78 is 5.56. The van der Waals surface area contributed by atoms with Gasteiger partial charge in [0.2, 0.25) is 0 Å². The summed E-state index contributed by atoms with van der Waals surface area (Å²) in [5.41, 5.74) is 5.52. The van der Waals surface area contributed by atoms with Gasteiger partial charge in [0, 0.05) is 4.47 Å². The molecule has 1 aromatic carbocycles. The van der Waals surface area contributed by atoms with Crippen LogP contribution < -0.4 is 11.1 Å². The summed E-state index contributed by atoms with van der Waals surface area (Å²) in [7, 11) is 0. The van der Waals surface area contributed by atoms with Gasteiger partial charge in [0.25, 0.3) is 11.8 Å². The lowest BCUT2D eigenvalue weighted by Gasteiger charge is -2.07. The van der Waals surface area contributed by atoms with E-state index < -0.39 is 24.4 Å². The molecule has 0 unspecified atom stereocenters. The van der Waals surface area contributed by atoms with E-state index in [2.05, 4.69) is 21.2 Å². The third kappa shape index (κ3) is 4.54. The van der Waals surface area contributed by atoms with E-state index in [9.17, 15) is 14.4 Å². The van der Waals surface area contributed by atoms with Crippen LogP contribution in [0.25, 0.3) is 0 Å². The van der Waals surface area contributed by atoms with E-state index in [0.717, 1.165) is 11.3 Å². The number of rotatable bonds is 5. The first-order valence-corrected chi connectivity index (χ1v) is 8.23. The van der Waals surface area contributed by atoms with Gasteiger partial charge >= 0.3 is 5.97 Å². The summed E-state index contributed by atoms with van der Waals surface area (Å²) in [5, 5.41) is 4.60. The highest BCUT2D eigenvalue weighted by atomic mass is 79.9. The van der Waals surface area contributed by atoms with Gasteiger partial charge in [0.15, 0.2) is 6.61 Å². The maximum Gasteiger partial charge on any atom is 0.340 e. The van der Waals surface area contributed by atoms with Gasteiger partial charge in [0.05, 0.1) is 16.1 Å². The van der Waals surface area contributed by atoms with E-state index in [-0.39, 0.29) is 16.1 Å². The molecule has 0 saturated heterocycles. The van der Waals surface area contributed by atoms with Gasteiger partial charge in [-0.2, -0.15) is 0 Å². The highest BCUT2D eigenvalue weighted by Crippen LogP contribution is 2.23. The van der Waals surface area contributed by atoms with Crippen molar-refractivity contribution in [3.63, 3.8) is 0 Å². The van der Waals surface area contributed by atoms with Crippen molar-refractivity contribution in [2.24, 2.45) is 5.73 Å². The minimum absolute atomic E-state index is 0.141. The van der Waals surface area contributed by atoms with Crippen LogP contribution in [0.4, 0.5) is 5.00 Å². The molecule has 2 rings (SSSR count). The SMILES string of the molecule is NC(=O)c1ccsc1NC(=O)COC(=O)c1cc(Br)ccc1Cl. The third-order valence-corrected chi connectivity index (χ3v) is 4.32. The van der Waals surface area contributed by atoms with Crippen LogP contribution in [0.15, 0.2) is 34.1 Å². The molecule has 1 aromatic heterocycles. The van der Waals surface area contributed by atoms with Crippen molar-refractivity contribution in [2.75, 3.05) is 11.9 Å². The molecule has 0 aliphatic carbocycles. The summed E-state index contributed by atoms with van der Waals surface area (Å²) in [4.78, 5) is 34.9. The topological polar surface area (TPSA) is 98.5 Å². The summed E-state index contributed by atoms with van der Waals surface area (Å²) in [5.74, 6) is -1.97. The van der Waals surface area contributed by atoms with Gasteiger partial charge in [0.1, 0.15) is 5.00 Å². The standard InChI is InChI=1S/C14H10BrClN2O4S/c15-7-1-2-10(16)9(5-7)14(21)22-6-11(19)18-13-8(12(17)20)3-4-23-13/h1-5H,6H2,(H2,17,20)(H,18,19). The fourth-order valence-electron chi connectivity index (χ4n) is 1.63. The van der Waals surface area contributed by atoms with Crippen molar-refractivity contribution in [1.82, 2.24) is 0 Å². The van der Waals surface area contributed by atoms with E-state index >= 15 is 0 Å². The summed E-state index contributed by atoms with van der Waals surface area (Å²) in [6.07, 6.45) is 0. The van der Waals surface area contributed by atoms with E-state index in [1.807, 2.05) is 0 Å². The number of nitrogens with two attached hydrogens (primary N) is 1. The minimum atomic E-state index is -0.729. The largest absolute Gasteiger partial charge is 0.452 e. The molecule has 120 valence electrons. The van der Waals surface area contributed by atoms with Crippen molar-refractivity contribution < 1.29 is 19.1 Å². The number of thiophene rings is 1. The number of ether oxygens (including phenoxy) is 1. The van der Waals surface area contributed by atoms with Crippen LogP contribution in [-0.2, 0) is 9.53 Å². The lowest BCUT2D eigenvalue weighted by molar-refractivity contribution is -0.119. The van der Waals surface area contributed by atoms with Crippen LogP contribution in [0.5, 0.6) is 0 Å². The first-order valence-electron chi connectivity index (χ1n) is 6.18. The number of carbonyl (C=O) groups excluding carboxylic acids is 3. The van der Waals surface area contributed by atoms with Gasteiger partial charge in [-0.05, 0) is 29.6 Å². The predicted molar refractivity (Wildman–Crippen MR) is 90.9 cm³/mol. The molecule has 1 heterocycles. The van der Waals surface area contributed by atoms with Crippen molar-refractivity contribution >= 4 is 61.7 Å². The predicted octanol–water partition coefficient (Wildman–Crippen LogP) is 3.06. The van der Waals surface area contributed by atoms with Gasteiger partial charge in [-0.1, -0.05) is 27.5 Å². The Labute approximate surface area is 148 Å². The molecule has 23 heavy (non-hydrogen) atoms. The number of halogens is 2. The summed E-state index contributed by atoms with van der Waals surface area (Å²) >= 11 is 10.3. The van der Waals surface area contributed by atoms with Gasteiger partial charge in [-0.15, -0.1) is 11.3 Å². The number of anilines is 1. The summed E-state index contributed by atoms with van der Waals surface area (Å²) in [6.45, 7) is -0.516. The molecule has 0 aliphatic heterocycles. The van der Waals surface area contributed by atoms with Crippen LogP contribution in [-0.4, -0.2) is 24.4 Å². The summed E-state index contributed by atoms with van der Waals surface area (Å²) in [6, 6.07) is 6.20. The maximum atomic E-state index is 11.9. The molecular weight excluding hydrogens is 408 g/mol. The zero-order valence-corrected chi connectivity index (χ0v) is 14.6. The zero-order valence-electron chi connectivity index (χ0n) is 11.5. The highest BCUT2D eigenvalue weighted by Gasteiger charge is 2.16. The second-order valence-corrected chi connectivity index (χ2v) is 6.52. The fraction of sp³-hybridized carbons (Fsp3) is 0.0714. The van der Waals surface area contributed by atoms with E-state index in [4.69, 9.17) is 22.1 Å². The number of esters is 1. The minimum Gasteiger partial charge on any atom is -0.452 e. The first kappa shape index (κ1) is 17.5. The van der Waals surface area contributed by atoms with Crippen molar-refractivity contribution in [2.45, 2.75) is 0 Å². The lowest BCUT2D eigenvalue weighted by atomic mass is 10.2. The normalized spacial score (nSPS) is 10.2. The Morgan fingerprint density at radius 3 is 2.70 bits per heavy atom. The molecule has 2 amide bonds. The molecule has 0 aliphatic rings. The quantitative estimate of drug-likeness (QED) is 0.730. The number of hydrogen-bond acceptors (Lipinski definition) is 5. The molecule has 0 saturated carbocycles. The van der Waals surface area contributed by atoms with E-state index in [0.29, 0.717) is 9.47 Å². The van der Waals surface area contributed by atoms with Crippen molar-refractivity contribution in [3.8, 4) is 0 Å². The van der Waals surface area contributed by atoms with E-state index in [1.165, 1.54) is 18.2 Å².